The molecule has 4 rings (SSSR count). The largest absolute Gasteiger partial charge is 0.353 e. The maximum absolute atomic E-state index is 12.3. The summed E-state index contributed by atoms with van der Waals surface area (Å²) in [6.07, 6.45) is 9.03. The van der Waals surface area contributed by atoms with Crippen molar-refractivity contribution in [1.82, 2.24) is 20.1 Å². The van der Waals surface area contributed by atoms with Gasteiger partial charge in [0.25, 0.3) is 5.56 Å². The van der Waals surface area contributed by atoms with Gasteiger partial charge in [-0.25, -0.2) is 4.68 Å². The molecular weight excluding hydrogens is 316 g/mol. The number of nitrogens with one attached hydrogen (secondary N) is 1. The highest BCUT2D eigenvalue weighted by Gasteiger charge is 2.32. The maximum atomic E-state index is 12.3. The summed E-state index contributed by atoms with van der Waals surface area (Å²) in [5.41, 5.74) is 1.67. The molecule has 2 saturated carbocycles. The molecule has 2 heterocycles. The first-order valence-corrected chi connectivity index (χ1v) is 9.01. The molecular formula is C19H22N4O2. The lowest BCUT2D eigenvalue weighted by Crippen LogP contribution is -2.40. The van der Waals surface area contributed by atoms with E-state index in [1.807, 2.05) is 12.1 Å². The Balaban J connectivity index is 1.45. The van der Waals surface area contributed by atoms with E-state index < -0.39 is 0 Å². The monoisotopic (exact) mass is 338 g/mol. The number of nitrogens with zero attached hydrogens (tertiary/aromatic N) is 3. The molecule has 1 N–H and O–H groups in total. The highest BCUT2D eigenvalue weighted by Crippen LogP contribution is 2.31. The number of hydrogen-bond acceptors (Lipinski definition) is 4. The van der Waals surface area contributed by atoms with Crippen molar-refractivity contribution in [2.75, 3.05) is 0 Å². The molecule has 0 unspecified atom stereocenters. The number of hydrogen-bond donors (Lipinski definition) is 1. The lowest BCUT2D eigenvalue weighted by atomic mass is 9.91. The summed E-state index contributed by atoms with van der Waals surface area (Å²) in [6, 6.07) is 7.47. The van der Waals surface area contributed by atoms with Crippen LogP contribution in [-0.2, 0) is 4.79 Å². The lowest BCUT2D eigenvalue weighted by molar-refractivity contribution is -0.123. The molecule has 0 spiro atoms. The second-order valence-electron chi connectivity index (χ2n) is 7.03. The molecule has 0 bridgehead atoms. The zero-order chi connectivity index (χ0) is 17.2. The fourth-order valence-electron chi connectivity index (χ4n) is 3.49. The summed E-state index contributed by atoms with van der Waals surface area (Å²) < 4.78 is 1.62. The van der Waals surface area contributed by atoms with Crippen molar-refractivity contribution in [1.29, 1.82) is 0 Å². The quantitative estimate of drug-likeness (QED) is 0.928. The van der Waals surface area contributed by atoms with Crippen molar-refractivity contribution in [2.24, 2.45) is 5.92 Å². The van der Waals surface area contributed by atoms with Crippen LogP contribution in [0.3, 0.4) is 0 Å². The molecule has 6 nitrogen and oxygen atoms in total. The summed E-state index contributed by atoms with van der Waals surface area (Å²) in [5, 5.41) is 7.73. The van der Waals surface area contributed by atoms with Crippen molar-refractivity contribution in [2.45, 2.75) is 50.6 Å². The van der Waals surface area contributed by atoms with E-state index in [2.05, 4.69) is 15.4 Å². The van der Waals surface area contributed by atoms with Crippen LogP contribution in [0.5, 0.6) is 0 Å². The summed E-state index contributed by atoms with van der Waals surface area (Å²) in [5.74, 6) is 0.456. The van der Waals surface area contributed by atoms with Crippen LogP contribution in [0.2, 0.25) is 0 Å². The van der Waals surface area contributed by atoms with Crippen molar-refractivity contribution in [3.8, 4) is 11.3 Å². The highest BCUT2D eigenvalue weighted by atomic mass is 16.2. The second kappa shape index (κ2) is 6.78. The van der Waals surface area contributed by atoms with Gasteiger partial charge in [0.2, 0.25) is 5.91 Å². The Labute approximate surface area is 146 Å². The third kappa shape index (κ3) is 3.62. The topological polar surface area (TPSA) is 76.9 Å². The molecule has 1 amide bonds. The summed E-state index contributed by atoms with van der Waals surface area (Å²) in [7, 11) is 0. The van der Waals surface area contributed by atoms with Crippen molar-refractivity contribution in [3.05, 3.63) is 47.0 Å². The fraction of sp³-hybridized carbons (Fsp3) is 0.474. The molecule has 0 atom stereocenters. The van der Waals surface area contributed by atoms with E-state index in [1.54, 1.807) is 29.2 Å². The first-order valence-electron chi connectivity index (χ1n) is 9.01. The van der Waals surface area contributed by atoms with E-state index in [-0.39, 0.29) is 29.5 Å². The minimum absolute atomic E-state index is 0.0664. The minimum Gasteiger partial charge on any atom is -0.353 e. The van der Waals surface area contributed by atoms with E-state index >= 15 is 0 Å². The van der Waals surface area contributed by atoms with Gasteiger partial charge in [-0.05, 0) is 56.7 Å². The van der Waals surface area contributed by atoms with E-state index in [4.69, 9.17) is 0 Å². The van der Waals surface area contributed by atoms with E-state index in [1.165, 1.54) is 0 Å². The van der Waals surface area contributed by atoms with E-state index in [9.17, 15) is 9.59 Å². The molecule has 2 aliphatic rings. The fourth-order valence-corrected chi connectivity index (χ4v) is 3.49. The molecule has 2 aromatic rings. The zero-order valence-electron chi connectivity index (χ0n) is 14.1. The van der Waals surface area contributed by atoms with Gasteiger partial charge < -0.3 is 5.32 Å². The molecule has 0 saturated heterocycles. The third-order valence-electron chi connectivity index (χ3n) is 5.14. The molecule has 2 aromatic heterocycles. The second-order valence-corrected chi connectivity index (χ2v) is 7.03. The molecule has 0 aromatic carbocycles. The average molecular weight is 338 g/mol. The molecule has 130 valence electrons. The van der Waals surface area contributed by atoms with Crippen molar-refractivity contribution >= 4 is 5.91 Å². The number of rotatable bonds is 4. The van der Waals surface area contributed by atoms with Crippen LogP contribution in [0.1, 0.15) is 44.6 Å². The van der Waals surface area contributed by atoms with Crippen LogP contribution < -0.4 is 10.9 Å². The van der Waals surface area contributed by atoms with Crippen LogP contribution in [-0.4, -0.2) is 26.7 Å². The number of pyridine rings is 1. The van der Waals surface area contributed by atoms with Crippen LogP contribution in [0.25, 0.3) is 11.3 Å². The Morgan fingerprint density at radius 1 is 1.00 bits per heavy atom. The third-order valence-corrected chi connectivity index (χ3v) is 5.14. The molecule has 2 aliphatic carbocycles. The SMILES string of the molecule is O=C(NC1CCC(n2nc(-c3ccncc3)ccc2=O)CC1)C1CC1. The Morgan fingerprint density at radius 3 is 2.40 bits per heavy atom. The Hall–Kier alpha value is -2.50. The predicted octanol–water partition coefficient (Wildman–Crippen LogP) is 2.32. The number of amides is 1. The average Bonchev–Trinajstić information content (AvgIpc) is 3.49. The van der Waals surface area contributed by atoms with Crippen LogP contribution >= 0.6 is 0 Å². The molecule has 0 radical (unpaired) electrons. The van der Waals surface area contributed by atoms with Gasteiger partial charge in [0.1, 0.15) is 0 Å². The minimum atomic E-state index is -0.0664. The highest BCUT2D eigenvalue weighted by molar-refractivity contribution is 5.81. The Morgan fingerprint density at radius 2 is 1.72 bits per heavy atom. The van der Waals surface area contributed by atoms with Crippen LogP contribution in [0, 0.1) is 5.92 Å². The van der Waals surface area contributed by atoms with Gasteiger partial charge in [-0.15, -0.1) is 0 Å². The molecule has 25 heavy (non-hydrogen) atoms. The van der Waals surface area contributed by atoms with Crippen molar-refractivity contribution < 1.29 is 4.79 Å². The van der Waals surface area contributed by atoms with Gasteiger partial charge in [0.15, 0.2) is 0 Å². The summed E-state index contributed by atoms with van der Waals surface area (Å²) in [4.78, 5) is 28.2. The van der Waals surface area contributed by atoms with Gasteiger partial charge in [-0.2, -0.15) is 5.10 Å². The van der Waals surface area contributed by atoms with E-state index in [0.717, 1.165) is 49.8 Å². The first kappa shape index (κ1) is 16.0. The smallest absolute Gasteiger partial charge is 0.267 e. The van der Waals surface area contributed by atoms with Crippen LogP contribution in [0.4, 0.5) is 0 Å². The van der Waals surface area contributed by atoms with Crippen molar-refractivity contribution in [3.63, 3.8) is 0 Å². The van der Waals surface area contributed by atoms with Gasteiger partial charge >= 0.3 is 0 Å². The van der Waals surface area contributed by atoms with Gasteiger partial charge in [0, 0.05) is 36.0 Å². The summed E-state index contributed by atoms with van der Waals surface area (Å²) >= 11 is 0. The number of carbonyl (C=O) groups is 1. The Kier molecular flexibility index (Phi) is 4.34. The van der Waals surface area contributed by atoms with E-state index in [0.29, 0.717) is 0 Å². The maximum Gasteiger partial charge on any atom is 0.267 e. The summed E-state index contributed by atoms with van der Waals surface area (Å²) in [6.45, 7) is 0. The van der Waals surface area contributed by atoms with Crippen LogP contribution in [0.15, 0.2) is 41.5 Å². The molecule has 6 heteroatoms. The standard InChI is InChI=1S/C19H22N4O2/c24-18-8-7-17(13-9-11-20-12-10-13)22-23(18)16-5-3-15(4-6-16)21-19(25)14-1-2-14/h7-12,14-16H,1-6H2,(H,21,25). The van der Waals surface area contributed by atoms with Gasteiger partial charge in [-0.3, -0.25) is 14.6 Å². The number of aromatic nitrogens is 3. The Bertz CT molecular complexity index is 806. The normalized spacial score (nSPS) is 23.2. The van der Waals surface area contributed by atoms with Gasteiger partial charge in [-0.1, -0.05) is 0 Å². The first-order chi connectivity index (χ1) is 12.2. The molecule has 0 aliphatic heterocycles. The predicted molar refractivity (Wildman–Crippen MR) is 93.9 cm³/mol. The number of carbonyl (C=O) groups excluding carboxylic acids is 1. The lowest BCUT2D eigenvalue weighted by Gasteiger charge is -2.29. The zero-order valence-corrected chi connectivity index (χ0v) is 14.1. The molecule has 2 fully saturated rings. The van der Waals surface area contributed by atoms with Gasteiger partial charge in [0.05, 0.1) is 11.7 Å².